The number of hydrogen-bond donors (Lipinski definition) is 1. The third-order valence-corrected chi connectivity index (χ3v) is 6.77. The van der Waals surface area contributed by atoms with Gasteiger partial charge >= 0.3 is 0 Å². The first-order valence-corrected chi connectivity index (χ1v) is 11.4. The summed E-state index contributed by atoms with van der Waals surface area (Å²) in [5.74, 6) is -0.278. The first-order valence-electron chi connectivity index (χ1n) is 9.20. The van der Waals surface area contributed by atoms with Crippen LogP contribution in [0.25, 0.3) is 0 Å². The Morgan fingerprint density at radius 3 is 2.39 bits per heavy atom. The quantitative estimate of drug-likeness (QED) is 0.375. The van der Waals surface area contributed by atoms with Gasteiger partial charge in [-0.2, -0.15) is 5.10 Å². The van der Waals surface area contributed by atoms with Gasteiger partial charge in [-0.15, -0.1) is 0 Å². The molecule has 0 aliphatic carbocycles. The van der Waals surface area contributed by atoms with Crippen molar-refractivity contribution in [3.63, 3.8) is 0 Å². The van der Waals surface area contributed by atoms with E-state index in [4.69, 9.17) is 4.74 Å². The zero-order valence-electron chi connectivity index (χ0n) is 16.6. The molecule has 0 spiro atoms. The summed E-state index contributed by atoms with van der Waals surface area (Å²) in [7, 11) is -2.59. The minimum atomic E-state index is -4.03. The number of amides is 1. The third kappa shape index (κ3) is 5.50. The Bertz CT molecular complexity index is 1180. The summed E-state index contributed by atoms with van der Waals surface area (Å²) >= 11 is 3.40. The molecule has 3 aromatic rings. The van der Waals surface area contributed by atoms with Gasteiger partial charge in [0.15, 0.2) is 0 Å². The minimum Gasteiger partial charge on any atom is -0.495 e. The monoisotopic (exact) mass is 501 g/mol. The smallest absolute Gasteiger partial charge is 0.264 e. The van der Waals surface area contributed by atoms with Gasteiger partial charge in [0, 0.05) is 10.0 Å². The van der Waals surface area contributed by atoms with Crippen LogP contribution >= 0.6 is 15.9 Å². The van der Waals surface area contributed by atoms with Gasteiger partial charge in [0.25, 0.3) is 15.9 Å². The molecule has 31 heavy (non-hydrogen) atoms. The second kappa shape index (κ2) is 10.2. The molecular formula is C22H20BrN3O4S. The van der Waals surface area contributed by atoms with Crippen LogP contribution in [-0.2, 0) is 14.8 Å². The molecule has 0 radical (unpaired) electrons. The number of sulfonamides is 1. The summed E-state index contributed by atoms with van der Waals surface area (Å²) in [6.45, 7) is -0.481. The Labute approximate surface area is 189 Å². The zero-order chi connectivity index (χ0) is 22.3. The number of nitrogens with one attached hydrogen (secondary N) is 1. The van der Waals surface area contributed by atoms with Crippen LogP contribution in [0, 0.1) is 0 Å². The average molecular weight is 502 g/mol. The maximum atomic E-state index is 13.3. The molecule has 0 saturated heterocycles. The number of anilines is 1. The van der Waals surface area contributed by atoms with E-state index in [0.29, 0.717) is 5.75 Å². The SMILES string of the molecule is COc1ccccc1N(CC(=O)N/N=C\c1ccccc1Br)S(=O)(=O)c1ccccc1. The molecule has 0 fully saturated rings. The fourth-order valence-electron chi connectivity index (χ4n) is 2.77. The van der Waals surface area contributed by atoms with Crippen LogP contribution in [0.4, 0.5) is 5.69 Å². The van der Waals surface area contributed by atoms with Crippen LogP contribution in [0.15, 0.2) is 93.3 Å². The first kappa shape index (κ1) is 22.5. The van der Waals surface area contributed by atoms with E-state index in [0.717, 1.165) is 14.3 Å². The number of hydrogen-bond acceptors (Lipinski definition) is 5. The highest BCUT2D eigenvalue weighted by molar-refractivity contribution is 9.10. The van der Waals surface area contributed by atoms with Gasteiger partial charge in [-0.05, 0) is 30.3 Å². The van der Waals surface area contributed by atoms with Crippen molar-refractivity contribution in [1.29, 1.82) is 0 Å². The first-order chi connectivity index (χ1) is 14.9. The maximum absolute atomic E-state index is 13.3. The molecule has 0 saturated carbocycles. The van der Waals surface area contributed by atoms with Crippen LogP contribution in [0.5, 0.6) is 5.75 Å². The van der Waals surface area contributed by atoms with Gasteiger partial charge in [-0.1, -0.05) is 64.5 Å². The lowest BCUT2D eigenvalue weighted by atomic mass is 10.2. The second-order valence-corrected chi connectivity index (χ2v) is 9.03. The summed E-state index contributed by atoms with van der Waals surface area (Å²) in [5, 5.41) is 3.94. The molecule has 0 heterocycles. The highest BCUT2D eigenvalue weighted by Gasteiger charge is 2.29. The van der Waals surface area contributed by atoms with E-state index in [2.05, 4.69) is 26.5 Å². The van der Waals surface area contributed by atoms with Crippen LogP contribution in [0.2, 0.25) is 0 Å². The van der Waals surface area contributed by atoms with Crippen molar-refractivity contribution in [2.75, 3.05) is 18.0 Å². The van der Waals surface area contributed by atoms with E-state index < -0.39 is 22.5 Å². The predicted molar refractivity (Wildman–Crippen MR) is 124 cm³/mol. The summed E-state index contributed by atoms with van der Waals surface area (Å²) < 4.78 is 33.8. The molecule has 9 heteroatoms. The summed E-state index contributed by atoms with van der Waals surface area (Å²) in [6.07, 6.45) is 1.47. The fourth-order valence-corrected chi connectivity index (χ4v) is 4.61. The van der Waals surface area contributed by atoms with Gasteiger partial charge in [0.05, 0.1) is 23.9 Å². The molecule has 0 aromatic heterocycles. The zero-order valence-corrected chi connectivity index (χ0v) is 19.0. The average Bonchev–Trinajstić information content (AvgIpc) is 2.79. The number of carbonyl (C=O) groups is 1. The molecule has 160 valence electrons. The van der Waals surface area contributed by atoms with E-state index in [1.165, 1.54) is 25.5 Å². The van der Waals surface area contributed by atoms with Crippen molar-refractivity contribution in [2.24, 2.45) is 5.10 Å². The Hall–Kier alpha value is -3.17. The molecule has 0 bridgehead atoms. The number of ether oxygens (including phenoxy) is 1. The molecular weight excluding hydrogens is 482 g/mol. The highest BCUT2D eigenvalue weighted by atomic mass is 79.9. The van der Waals surface area contributed by atoms with Crippen LogP contribution in [0.1, 0.15) is 5.56 Å². The van der Waals surface area contributed by atoms with Crippen molar-refractivity contribution in [3.05, 3.63) is 88.9 Å². The Kier molecular flexibility index (Phi) is 7.43. The van der Waals surface area contributed by atoms with E-state index >= 15 is 0 Å². The number of nitrogens with zero attached hydrogens (tertiary/aromatic N) is 2. The van der Waals surface area contributed by atoms with Crippen molar-refractivity contribution in [1.82, 2.24) is 5.43 Å². The van der Waals surface area contributed by atoms with Gasteiger partial charge in [0.1, 0.15) is 12.3 Å². The van der Waals surface area contributed by atoms with Gasteiger partial charge in [0.2, 0.25) is 0 Å². The molecule has 3 rings (SSSR count). The maximum Gasteiger partial charge on any atom is 0.264 e. The Balaban J connectivity index is 1.88. The van der Waals surface area contributed by atoms with Gasteiger partial charge in [-0.25, -0.2) is 13.8 Å². The summed E-state index contributed by atoms with van der Waals surface area (Å²) in [6, 6.07) is 21.9. The van der Waals surface area contributed by atoms with E-state index in [9.17, 15) is 13.2 Å². The molecule has 0 aliphatic heterocycles. The van der Waals surface area contributed by atoms with E-state index in [-0.39, 0.29) is 10.6 Å². The number of para-hydroxylation sites is 2. The van der Waals surface area contributed by atoms with Gasteiger partial charge < -0.3 is 4.74 Å². The number of benzene rings is 3. The molecule has 1 amide bonds. The van der Waals surface area contributed by atoms with Crippen molar-refractivity contribution >= 4 is 43.8 Å². The number of methoxy groups -OCH3 is 1. The van der Waals surface area contributed by atoms with Crippen LogP contribution in [0.3, 0.4) is 0 Å². The number of halogens is 1. The normalized spacial score (nSPS) is 11.3. The lowest BCUT2D eigenvalue weighted by Gasteiger charge is -2.25. The minimum absolute atomic E-state index is 0.0606. The molecule has 3 aromatic carbocycles. The van der Waals surface area contributed by atoms with Crippen LogP contribution < -0.4 is 14.5 Å². The topological polar surface area (TPSA) is 88.1 Å². The molecule has 0 atom stereocenters. The predicted octanol–water partition coefficient (Wildman–Crippen LogP) is 3.80. The highest BCUT2D eigenvalue weighted by Crippen LogP contribution is 2.32. The van der Waals surface area contributed by atoms with Crippen molar-refractivity contribution in [3.8, 4) is 5.75 Å². The lowest BCUT2D eigenvalue weighted by molar-refractivity contribution is -0.119. The second-order valence-electron chi connectivity index (χ2n) is 6.31. The largest absolute Gasteiger partial charge is 0.495 e. The summed E-state index contributed by atoms with van der Waals surface area (Å²) in [5.41, 5.74) is 3.40. The van der Waals surface area contributed by atoms with Crippen LogP contribution in [-0.4, -0.2) is 34.2 Å². The molecule has 0 aliphatic rings. The Morgan fingerprint density at radius 1 is 1.03 bits per heavy atom. The fraction of sp³-hybridized carbons (Fsp3) is 0.0909. The molecule has 7 nitrogen and oxygen atoms in total. The number of hydrazone groups is 1. The van der Waals surface area contributed by atoms with E-state index in [1.54, 1.807) is 42.5 Å². The third-order valence-electron chi connectivity index (χ3n) is 4.27. The molecule has 1 N–H and O–H groups in total. The standard InChI is InChI=1S/C22H20BrN3O4S/c1-30-21-14-8-7-13-20(21)26(31(28,29)18-10-3-2-4-11-18)16-22(27)25-24-15-17-9-5-6-12-19(17)23/h2-15H,16H2,1H3,(H,25,27)/b24-15-. The van der Waals surface area contributed by atoms with E-state index in [1.807, 2.05) is 24.3 Å². The van der Waals surface area contributed by atoms with Crippen molar-refractivity contribution < 1.29 is 17.9 Å². The summed E-state index contributed by atoms with van der Waals surface area (Å²) in [4.78, 5) is 12.7. The number of rotatable bonds is 8. The Morgan fingerprint density at radius 2 is 1.68 bits per heavy atom. The molecule has 0 unspecified atom stereocenters. The van der Waals surface area contributed by atoms with Crippen molar-refractivity contribution in [2.45, 2.75) is 4.90 Å². The lowest BCUT2D eigenvalue weighted by Crippen LogP contribution is -2.39. The number of carbonyl (C=O) groups excluding carboxylic acids is 1. The van der Waals surface area contributed by atoms with Gasteiger partial charge in [-0.3, -0.25) is 9.10 Å².